The summed E-state index contributed by atoms with van der Waals surface area (Å²) < 4.78 is 13.3. The Morgan fingerprint density at radius 2 is 2.00 bits per heavy atom. The van der Waals surface area contributed by atoms with Crippen LogP contribution in [0.2, 0.25) is 0 Å². The molecule has 1 saturated carbocycles. The highest BCUT2D eigenvalue weighted by Crippen LogP contribution is 2.41. The van der Waals surface area contributed by atoms with Gasteiger partial charge in [0, 0.05) is 12.0 Å². The predicted octanol–water partition coefficient (Wildman–Crippen LogP) is 2.90. The maximum Gasteiger partial charge on any atom is 0.123 e. The number of halogens is 1. The molecule has 1 aromatic rings. The van der Waals surface area contributed by atoms with Gasteiger partial charge < -0.3 is 5.73 Å². The minimum atomic E-state index is -0.143. The van der Waals surface area contributed by atoms with Crippen molar-refractivity contribution in [1.29, 1.82) is 0 Å². The van der Waals surface area contributed by atoms with E-state index in [1.54, 1.807) is 6.07 Å². The van der Waals surface area contributed by atoms with Crippen LogP contribution in [0.4, 0.5) is 4.39 Å². The zero-order valence-electron chi connectivity index (χ0n) is 9.22. The Labute approximate surface area is 90.5 Å². The van der Waals surface area contributed by atoms with Gasteiger partial charge >= 0.3 is 0 Å². The van der Waals surface area contributed by atoms with Gasteiger partial charge in [0.05, 0.1) is 0 Å². The highest BCUT2D eigenvalue weighted by atomic mass is 19.1. The van der Waals surface area contributed by atoms with Gasteiger partial charge in [-0.05, 0) is 43.0 Å². The van der Waals surface area contributed by atoms with Crippen molar-refractivity contribution in [1.82, 2.24) is 0 Å². The molecule has 0 unspecified atom stereocenters. The highest BCUT2D eigenvalue weighted by Gasteiger charge is 2.35. The third-order valence-electron chi connectivity index (χ3n) is 3.72. The number of aryl methyl sites for hydroxylation is 1. The lowest BCUT2D eigenvalue weighted by molar-refractivity contribution is 0.447. The number of benzene rings is 1. The second-order valence-corrected chi connectivity index (χ2v) is 4.65. The summed E-state index contributed by atoms with van der Waals surface area (Å²) in [6.07, 6.45) is 4.64. The molecule has 0 aromatic heterocycles. The van der Waals surface area contributed by atoms with E-state index in [1.807, 2.05) is 13.0 Å². The molecule has 82 valence electrons. The molecule has 15 heavy (non-hydrogen) atoms. The lowest BCUT2D eigenvalue weighted by Gasteiger charge is -2.29. The van der Waals surface area contributed by atoms with Crippen molar-refractivity contribution in [3.8, 4) is 0 Å². The van der Waals surface area contributed by atoms with Gasteiger partial charge in [-0.15, -0.1) is 0 Å². The second-order valence-electron chi connectivity index (χ2n) is 4.65. The summed E-state index contributed by atoms with van der Waals surface area (Å²) in [6.45, 7) is 2.68. The number of nitrogens with two attached hydrogens (primary N) is 1. The van der Waals surface area contributed by atoms with Gasteiger partial charge in [0.2, 0.25) is 0 Å². The summed E-state index contributed by atoms with van der Waals surface area (Å²) in [7, 11) is 0. The first-order valence-corrected chi connectivity index (χ1v) is 5.65. The van der Waals surface area contributed by atoms with Crippen LogP contribution in [0.5, 0.6) is 0 Å². The SMILES string of the molecule is Cc1ccc(F)cc1C1(CN)CCCC1. The Bertz CT molecular complexity index is 354. The van der Waals surface area contributed by atoms with Gasteiger partial charge in [-0.3, -0.25) is 0 Å². The van der Waals surface area contributed by atoms with Crippen LogP contribution in [0, 0.1) is 12.7 Å². The summed E-state index contributed by atoms with van der Waals surface area (Å²) in [4.78, 5) is 0. The minimum Gasteiger partial charge on any atom is -0.330 e. The summed E-state index contributed by atoms with van der Waals surface area (Å²) in [5, 5.41) is 0. The van der Waals surface area contributed by atoms with Crippen LogP contribution in [-0.2, 0) is 5.41 Å². The maximum atomic E-state index is 13.3. The van der Waals surface area contributed by atoms with Gasteiger partial charge in [0.25, 0.3) is 0 Å². The van der Waals surface area contributed by atoms with E-state index in [4.69, 9.17) is 5.73 Å². The van der Waals surface area contributed by atoms with E-state index < -0.39 is 0 Å². The van der Waals surface area contributed by atoms with Crippen molar-refractivity contribution in [2.24, 2.45) is 5.73 Å². The van der Waals surface area contributed by atoms with Crippen LogP contribution in [0.1, 0.15) is 36.8 Å². The lowest BCUT2D eigenvalue weighted by Crippen LogP contribution is -2.32. The van der Waals surface area contributed by atoms with E-state index in [0.29, 0.717) is 6.54 Å². The fourth-order valence-corrected chi connectivity index (χ4v) is 2.80. The third kappa shape index (κ3) is 1.78. The zero-order chi connectivity index (χ0) is 10.9. The molecule has 1 aliphatic rings. The van der Waals surface area contributed by atoms with Crippen molar-refractivity contribution in [2.75, 3.05) is 6.54 Å². The van der Waals surface area contributed by atoms with Crippen molar-refractivity contribution in [3.63, 3.8) is 0 Å². The average Bonchev–Trinajstić information content (AvgIpc) is 2.71. The molecule has 2 heteroatoms. The molecule has 0 bridgehead atoms. The van der Waals surface area contributed by atoms with Crippen molar-refractivity contribution in [2.45, 2.75) is 38.0 Å². The van der Waals surface area contributed by atoms with E-state index in [9.17, 15) is 4.39 Å². The smallest absolute Gasteiger partial charge is 0.123 e. The predicted molar refractivity (Wildman–Crippen MR) is 60.3 cm³/mol. The fourth-order valence-electron chi connectivity index (χ4n) is 2.80. The Balaban J connectivity index is 2.46. The first-order chi connectivity index (χ1) is 7.18. The summed E-state index contributed by atoms with van der Waals surface area (Å²) >= 11 is 0. The Hall–Kier alpha value is -0.890. The topological polar surface area (TPSA) is 26.0 Å². The van der Waals surface area contributed by atoms with Gasteiger partial charge in [0.15, 0.2) is 0 Å². The lowest BCUT2D eigenvalue weighted by atomic mass is 9.77. The third-order valence-corrected chi connectivity index (χ3v) is 3.72. The van der Waals surface area contributed by atoms with E-state index in [0.717, 1.165) is 18.4 Å². The molecule has 0 amide bonds. The zero-order valence-corrected chi connectivity index (χ0v) is 9.22. The molecular formula is C13H18FN. The van der Waals surface area contributed by atoms with Crippen LogP contribution in [0.3, 0.4) is 0 Å². The van der Waals surface area contributed by atoms with Gasteiger partial charge in [0.1, 0.15) is 5.82 Å². The summed E-state index contributed by atoms with van der Waals surface area (Å²) in [6, 6.07) is 5.06. The molecule has 1 aliphatic carbocycles. The Kier molecular flexibility index (Phi) is 2.79. The van der Waals surface area contributed by atoms with Crippen LogP contribution < -0.4 is 5.73 Å². The maximum absolute atomic E-state index is 13.3. The van der Waals surface area contributed by atoms with E-state index in [-0.39, 0.29) is 11.2 Å². The molecular weight excluding hydrogens is 189 g/mol. The van der Waals surface area contributed by atoms with Crippen LogP contribution >= 0.6 is 0 Å². The number of rotatable bonds is 2. The standard InChI is InChI=1S/C13H18FN/c1-10-4-5-11(14)8-12(10)13(9-15)6-2-3-7-13/h4-5,8H,2-3,6-7,9,15H2,1H3. The molecule has 1 fully saturated rings. The highest BCUT2D eigenvalue weighted by molar-refractivity contribution is 5.35. The normalized spacial score (nSPS) is 19.4. The first-order valence-electron chi connectivity index (χ1n) is 5.65. The average molecular weight is 207 g/mol. The van der Waals surface area contributed by atoms with E-state index in [1.165, 1.54) is 24.5 Å². The first kappa shape index (κ1) is 10.6. The largest absolute Gasteiger partial charge is 0.330 e. The molecule has 1 aromatic carbocycles. The molecule has 0 heterocycles. The van der Waals surface area contributed by atoms with Gasteiger partial charge in [-0.2, -0.15) is 0 Å². The van der Waals surface area contributed by atoms with Crippen LogP contribution in [0.25, 0.3) is 0 Å². The van der Waals surface area contributed by atoms with E-state index in [2.05, 4.69) is 0 Å². The molecule has 0 atom stereocenters. The van der Waals surface area contributed by atoms with E-state index >= 15 is 0 Å². The molecule has 0 aliphatic heterocycles. The Morgan fingerprint density at radius 1 is 1.33 bits per heavy atom. The van der Waals surface area contributed by atoms with Crippen molar-refractivity contribution in [3.05, 3.63) is 35.1 Å². The fraction of sp³-hybridized carbons (Fsp3) is 0.538. The summed E-state index contributed by atoms with van der Waals surface area (Å²) in [5.41, 5.74) is 8.24. The molecule has 0 radical (unpaired) electrons. The second kappa shape index (κ2) is 3.93. The van der Waals surface area contributed by atoms with Crippen LogP contribution in [-0.4, -0.2) is 6.54 Å². The molecule has 0 saturated heterocycles. The monoisotopic (exact) mass is 207 g/mol. The quantitative estimate of drug-likeness (QED) is 0.792. The molecule has 0 spiro atoms. The molecule has 2 N–H and O–H groups in total. The van der Waals surface area contributed by atoms with Crippen LogP contribution in [0.15, 0.2) is 18.2 Å². The summed E-state index contributed by atoms with van der Waals surface area (Å²) in [5.74, 6) is -0.143. The minimum absolute atomic E-state index is 0.0478. The number of hydrogen-bond acceptors (Lipinski definition) is 1. The van der Waals surface area contributed by atoms with Gasteiger partial charge in [-0.25, -0.2) is 4.39 Å². The van der Waals surface area contributed by atoms with Crippen molar-refractivity contribution >= 4 is 0 Å². The van der Waals surface area contributed by atoms with Crippen molar-refractivity contribution < 1.29 is 4.39 Å². The Morgan fingerprint density at radius 3 is 2.60 bits per heavy atom. The van der Waals surface area contributed by atoms with Gasteiger partial charge in [-0.1, -0.05) is 18.9 Å². The molecule has 1 nitrogen and oxygen atoms in total. The number of hydrogen-bond donors (Lipinski definition) is 1. The molecule has 2 rings (SSSR count).